The van der Waals surface area contributed by atoms with Crippen molar-refractivity contribution in [3.05, 3.63) is 24.2 Å². The maximum atomic E-state index is 11.3. The van der Waals surface area contributed by atoms with Gasteiger partial charge in [0.1, 0.15) is 0 Å². The van der Waals surface area contributed by atoms with Crippen molar-refractivity contribution in [2.24, 2.45) is 0 Å². The molecular formula is C10H14N2O4. The number of hydrogen-bond acceptors (Lipinski definition) is 4. The van der Waals surface area contributed by atoms with Gasteiger partial charge in [0.05, 0.1) is 13.4 Å². The Morgan fingerprint density at radius 3 is 2.94 bits per heavy atom. The monoisotopic (exact) mass is 226 g/mol. The molecule has 0 saturated heterocycles. The summed E-state index contributed by atoms with van der Waals surface area (Å²) in [6, 6.07) is 3.22. The lowest BCUT2D eigenvalue weighted by molar-refractivity contribution is -0.131. The first-order valence-corrected chi connectivity index (χ1v) is 4.87. The Morgan fingerprint density at radius 2 is 2.31 bits per heavy atom. The van der Waals surface area contributed by atoms with Gasteiger partial charge in [-0.05, 0) is 18.6 Å². The van der Waals surface area contributed by atoms with Gasteiger partial charge in [-0.25, -0.2) is 5.48 Å². The van der Waals surface area contributed by atoms with Crippen molar-refractivity contribution >= 4 is 11.8 Å². The Kier molecular flexibility index (Phi) is 5.07. The van der Waals surface area contributed by atoms with E-state index in [1.165, 1.54) is 13.4 Å². The summed E-state index contributed by atoms with van der Waals surface area (Å²) in [7, 11) is 1.37. The molecule has 0 saturated carbocycles. The quantitative estimate of drug-likeness (QED) is 0.545. The van der Waals surface area contributed by atoms with Crippen molar-refractivity contribution in [1.29, 1.82) is 0 Å². The van der Waals surface area contributed by atoms with Gasteiger partial charge >= 0.3 is 0 Å². The average molecular weight is 226 g/mol. The molecule has 0 aromatic carbocycles. The van der Waals surface area contributed by atoms with Crippen LogP contribution in [0.25, 0.3) is 0 Å². The summed E-state index contributed by atoms with van der Waals surface area (Å²) in [5, 5.41) is 2.63. The summed E-state index contributed by atoms with van der Waals surface area (Å²) >= 11 is 0. The Morgan fingerprint density at radius 1 is 1.50 bits per heavy atom. The molecule has 0 radical (unpaired) electrons. The molecule has 6 nitrogen and oxygen atoms in total. The maximum Gasteiger partial charge on any atom is 0.286 e. The van der Waals surface area contributed by atoms with E-state index in [0.29, 0.717) is 19.4 Å². The number of hydrogen-bond donors (Lipinski definition) is 2. The van der Waals surface area contributed by atoms with Crippen LogP contribution in [0, 0.1) is 0 Å². The molecule has 0 bridgehead atoms. The zero-order valence-corrected chi connectivity index (χ0v) is 8.99. The van der Waals surface area contributed by atoms with E-state index in [2.05, 4.69) is 15.6 Å². The van der Waals surface area contributed by atoms with E-state index in [1.807, 2.05) is 0 Å². The van der Waals surface area contributed by atoms with Crippen LogP contribution >= 0.6 is 0 Å². The van der Waals surface area contributed by atoms with Gasteiger partial charge in [-0.2, -0.15) is 0 Å². The lowest BCUT2D eigenvalue weighted by atomic mass is 10.3. The van der Waals surface area contributed by atoms with E-state index >= 15 is 0 Å². The number of furan rings is 1. The van der Waals surface area contributed by atoms with Gasteiger partial charge in [0.15, 0.2) is 5.76 Å². The number of amides is 2. The highest BCUT2D eigenvalue weighted by Crippen LogP contribution is 1.99. The zero-order chi connectivity index (χ0) is 11.8. The second kappa shape index (κ2) is 6.62. The van der Waals surface area contributed by atoms with Crippen molar-refractivity contribution in [3.8, 4) is 0 Å². The molecule has 2 amide bonds. The van der Waals surface area contributed by atoms with Gasteiger partial charge in [-0.1, -0.05) is 0 Å². The van der Waals surface area contributed by atoms with E-state index in [9.17, 15) is 9.59 Å². The molecule has 1 rings (SSSR count). The SMILES string of the molecule is CONC(=O)CCCNC(=O)c1ccco1. The van der Waals surface area contributed by atoms with E-state index in [-0.39, 0.29) is 17.6 Å². The van der Waals surface area contributed by atoms with Crippen LogP contribution in [0.4, 0.5) is 0 Å². The number of hydroxylamine groups is 1. The highest BCUT2D eigenvalue weighted by Gasteiger charge is 2.07. The van der Waals surface area contributed by atoms with Gasteiger partial charge in [-0.3, -0.25) is 14.4 Å². The first-order chi connectivity index (χ1) is 7.74. The Bertz CT molecular complexity index is 335. The molecule has 88 valence electrons. The van der Waals surface area contributed by atoms with Crippen LogP contribution in [0.2, 0.25) is 0 Å². The minimum atomic E-state index is -0.280. The zero-order valence-electron chi connectivity index (χ0n) is 8.99. The Labute approximate surface area is 92.9 Å². The second-order valence-electron chi connectivity index (χ2n) is 3.07. The predicted molar refractivity (Wildman–Crippen MR) is 55.4 cm³/mol. The molecule has 0 aliphatic carbocycles. The number of carbonyl (C=O) groups is 2. The molecule has 6 heteroatoms. The maximum absolute atomic E-state index is 11.3. The Balaban J connectivity index is 2.12. The molecule has 1 aromatic heterocycles. The molecule has 1 aromatic rings. The van der Waals surface area contributed by atoms with Crippen LogP contribution in [0.3, 0.4) is 0 Å². The van der Waals surface area contributed by atoms with E-state index in [1.54, 1.807) is 12.1 Å². The molecule has 1 heterocycles. The van der Waals surface area contributed by atoms with Crippen molar-refractivity contribution in [1.82, 2.24) is 10.8 Å². The van der Waals surface area contributed by atoms with Crippen LogP contribution in [0.1, 0.15) is 23.4 Å². The Hall–Kier alpha value is -1.82. The van der Waals surface area contributed by atoms with E-state index in [4.69, 9.17) is 4.42 Å². The molecule has 0 aliphatic rings. The molecule has 0 spiro atoms. The van der Waals surface area contributed by atoms with Crippen molar-refractivity contribution in [2.75, 3.05) is 13.7 Å². The van der Waals surface area contributed by atoms with Crippen molar-refractivity contribution in [2.45, 2.75) is 12.8 Å². The fraction of sp³-hybridized carbons (Fsp3) is 0.400. The van der Waals surface area contributed by atoms with Gasteiger partial charge in [-0.15, -0.1) is 0 Å². The average Bonchev–Trinajstić information content (AvgIpc) is 2.78. The van der Waals surface area contributed by atoms with E-state index in [0.717, 1.165) is 0 Å². The summed E-state index contributed by atoms with van der Waals surface area (Å²) in [6.07, 6.45) is 2.27. The van der Waals surface area contributed by atoms with Gasteiger partial charge < -0.3 is 9.73 Å². The molecule has 0 fully saturated rings. The fourth-order valence-corrected chi connectivity index (χ4v) is 1.11. The molecule has 16 heavy (non-hydrogen) atoms. The van der Waals surface area contributed by atoms with Crippen LogP contribution in [0.5, 0.6) is 0 Å². The van der Waals surface area contributed by atoms with Crippen molar-refractivity contribution in [3.63, 3.8) is 0 Å². The number of rotatable bonds is 6. The lowest BCUT2D eigenvalue weighted by Crippen LogP contribution is -2.26. The number of carbonyl (C=O) groups excluding carboxylic acids is 2. The van der Waals surface area contributed by atoms with Gasteiger partial charge in [0.25, 0.3) is 5.91 Å². The standard InChI is InChI=1S/C10H14N2O4/c1-15-12-9(13)5-2-6-11-10(14)8-4-3-7-16-8/h3-4,7H,2,5-6H2,1H3,(H,11,14)(H,12,13). The third-order valence-electron chi connectivity index (χ3n) is 1.83. The normalized spacial score (nSPS) is 9.81. The molecule has 2 N–H and O–H groups in total. The molecule has 0 atom stereocenters. The highest BCUT2D eigenvalue weighted by atomic mass is 16.6. The summed E-state index contributed by atoms with van der Waals surface area (Å²) < 4.78 is 4.90. The van der Waals surface area contributed by atoms with Crippen LogP contribution < -0.4 is 10.8 Å². The second-order valence-corrected chi connectivity index (χ2v) is 3.07. The van der Waals surface area contributed by atoms with Gasteiger partial charge in [0.2, 0.25) is 5.91 Å². The minimum absolute atomic E-state index is 0.213. The topological polar surface area (TPSA) is 80.6 Å². The summed E-state index contributed by atoms with van der Waals surface area (Å²) in [5.41, 5.74) is 2.19. The van der Waals surface area contributed by atoms with Crippen LogP contribution in [-0.2, 0) is 9.63 Å². The van der Waals surface area contributed by atoms with E-state index < -0.39 is 0 Å². The van der Waals surface area contributed by atoms with Crippen LogP contribution in [0.15, 0.2) is 22.8 Å². The first kappa shape index (κ1) is 12.3. The van der Waals surface area contributed by atoms with Crippen LogP contribution in [-0.4, -0.2) is 25.5 Å². The highest BCUT2D eigenvalue weighted by molar-refractivity contribution is 5.91. The lowest BCUT2D eigenvalue weighted by Gasteiger charge is -2.03. The molecule has 0 aliphatic heterocycles. The third-order valence-corrected chi connectivity index (χ3v) is 1.83. The molecule has 0 unspecified atom stereocenters. The molecular weight excluding hydrogens is 212 g/mol. The first-order valence-electron chi connectivity index (χ1n) is 4.87. The fourth-order valence-electron chi connectivity index (χ4n) is 1.11. The number of nitrogens with one attached hydrogen (secondary N) is 2. The largest absolute Gasteiger partial charge is 0.459 e. The van der Waals surface area contributed by atoms with Crippen molar-refractivity contribution < 1.29 is 18.8 Å². The summed E-state index contributed by atoms with van der Waals surface area (Å²) in [6.45, 7) is 0.413. The third kappa shape index (κ3) is 4.14. The summed E-state index contributed by atoms with van der Waals surface area (Å²) in [5.74, 6) is -0.228. The predicted octanol–water partition coefficient (Wildman–Crippen LogP) is 0.467. The minimum Gasteiger partial charge on any atom is -0.459 e. The summed E-state index contributed by atoms with van der Waals surface area (Å²) in [4.78, 5) is 26.7. The smallest absolute Gasteiger partial charge is 0.286 e. The van der Waals surface area contributed by atoms with Gasteiger partial charge in [0, 0.05) is 13.0 Å².